The van der Waals surface area contributed by atoms with Gasteiger partial charge in [-0.3, -0.25) is 0 Å². The molecule has 0 saturated carbocycles. The maximum absolute atomic E-state index is 5.31. The van der Waals surface area contributed by atoms with E-state index in [0.717, 1.165) is 26.9 Å². The number of hydrogen-bond donors (Lipinski definition) is 2. The number of anilines is 1. The largest absolute Gasteiger partial charge is 0.353 e. The van der Waals surface area contributed by atoms with Gasteiger partial charge in [0.2, 0.25) is 11.7 Å². The predicted octanol–water partition coefficient (Wildman–Crippen LogP) is 4.60. The molecule has 25 heavy (non-hydrogen) atoms. The van der Waals surface area contributed by atoms with Gasteiger partial charge >= 0.3 is 0 Å². The lowest BCUT2D eigenvalue weighted by Crippen LogP contribution is -2.28. The van der Waals surface area contributed by atoms with E-state index >= 15 is 0 Å². The third kappa shape index (κ3) is 4.43. The standard InChI is InChI=1S/C18H17BrN4OS/c1-11-5-3-4-6-14(11)17-22-16(24-23-17)10-20-18(25)21-13-7-8-15(19)12(2)9-13/h3-9H,10H2,1-2H3,(H2,20,21,25). The molecule has 0 aliphatic heterocycles. The number of aryl methyl sites for hydroxylation is 2. The van der Waals surface area contributed by atoms with Crippen LogP contribution in [0.5, 0.6) is 0 Å². The predicted molar refractivity (Wildman–Crippen MR) is 106 cm³/mol. The molecule has 0 fully saturated rings. The van der Waals surface area contributed by atoms with Crippen molar-refractivity contribution < 1.29 is 4.52 Å². The summed E-state index contributed by atoms with van der Waals surface area (Å²) in [6, 6.07) is 13.9. The number of nitrogens with one attached hydrogen (secondary N) is 2. The normalized spacial score (nSPS) is 10.5. The molecule has 2 N–H and O–H groups in total. The van der Waals surface area contributed by atoms with E-state index in [-0.39, 0.29) is 0 Å². The van der Waals surface area contributed by atoms with Gasteiger partial charge in [0.05, 0.1) is 6.54 Å². The third-order valence-corrected chi connectivity index (χ3v) is 4.81. The number of hydrogen-bond acceptors (Lipinski definition) is 4. The molecular weight excluding hydrogens is 400 g/mol. The third-order valence-electron chi connectivity index (χ3n) is 3.67. The molecule has 128 valence electrons. The molecule has 0 atom stereocenters. The van der Waals surface area contributed by atoms with E-state index in [0.29, 0.717) is 23.4 Å². The topological polar surface area (TPSA) is 63.0 Å². The van der Waals surface area contributed by atoms with Gasteiger partial charge in [-0.25, -0.2) is 0 Å². The Labute approximate surface area is 160 Å². The molecule has 0 unspecified atom stereocenters. The lowest BCUT2D eigenvalue weighted by atomic mass is 10.1. The summed E-state index contributed by atoms with van der Waals surface area (Å²) < 4.78 is 6.35. The molecule has 0 aliphatic rings. The average Bonchev–Trinajstić information content (AvgIpc) is 3.05. The van der Waals surface area contributed by atoms with E-state index < -0.39 is 0 Å². The minimum atomic E-state index is 0.361. The summed E-state index contributed by atoms with van der Waals surface area (Å²) in [5.74, 6) is 1.06. The van der Waals surface area contributed by atoms with Crippen molar-refractivity contribution in [1.29, 1.82) is 0 Å². The molecule has 5 nitrogen and oxygen atoms in total. The zero-order chi connectivity index (χ0) is 17.8. The molecule has 1 heterocycles. The second-order valence-corrected chi connectivity index (χ2v) is 6.86. The Hall–Kier alpha value is -2.25. The van der Waals surface area contributed by atoms with Crippen molar-refractivity contribution in [3.63, 3.8) is 0 Å². The summed E-state index contributed by atoms with van der Waals surface area (Å²) in [7, 11) is 0. The van der Waals surface area contributed by atoms with Crippen LogP contribution in [0.3, 0.4) is 0 Å². The van der Waals surface area contributed by atoms with Gasteiger partial charge in [0, 0.05) is 15.7 Å². The molecule has 2 aromatic carbocycles. The zero-order valence-electron chi connectivity index (χ0n) is 13.8. The first-order chi connectivity index (χ1) is 12.0. The summed E-state index contributed by atoms with van der Waals surface area (Å²) in [5, 5.41) is 10.7. The summed E-state index contributed by atoms with van der Waals surface area (Å²) in [6.45, 7) is 4.40. The Morgan fingerprint density at radius 2 is 1.96 bits per heavy atom. The molecule has 0 saturated heterocycles. The molecule has 1 aromatic heterocycles. The van der Waals surface area contributed by atoms with E-state index in [1.807, 2.05) is 56.3 Å². The Bertz CT molecular complexity index is 910. The summed E-state index contributed by atoms with van der Waals surface area (Å²) in [4.78, 5) is 4.41. The Morgan fingerprint density at radius 3 is 2.72 bits per heavy atom. The van der Waals surface area contributed by atoms with Gasteiger partial charge in [0.25, 0.3) is 0 Å². The molecule has 0 spiro atoms. The molecule has 0 bridgehead atoms. The van der Waals surface area contributed by atoms with Crippen LogP contribution >= 0.6 is 28.1 Å². The first kappa shape index (κ1) is 17.6. The number of rotatable bonds is 4. The maximum Gasteiger partial charge on any atom is 0.246 e. The highest BCUT2D eigenvalue weighted by molar-refractivity contribution is 9.10. The lowest BCUT2D eigenvalue weighted by molar-refractivity contribution is 0.376. The number of aromatic nitrogens is 2. The van der Waals surface area contributed by atoms with Crippen molar-refractivity contribution in [3.05, 3.63) is 64.0 Å². The molecule has 0 amide bonds. The zero-order valence-corrected chi connectivity index (χ0v) is 16.2. The molecular formula is C18H17BrN4OS. The fourth-order valence-electron chi connectivity index (χ4n) is 2.31. The van der Waals surface area contributed by atoms with Gasteiger partial charge in [-0.2, -0.15) is 4.98 Å². The van der Waals surface area contributed by atoms with E-state index in [2.05, 4.69) is 36.7 Å². The Kier molecular flexibility index (Phi) is 5.45. The van der Waals surface area contributed by atoms with Crippen molar-refractivity contribution in [2.75, 3.05) is 5.32 Å². The second-order valence-electron chi connectivity index (χ2n) is 5.60. The molecule has 3 aromatic rings. The highest BCUT2D eigenvalue weighted by Crippen LogP contribution is 2.21. The number of thiocarbonyl (C=S) groups is 1. The smallest absolute Gasteiger partial charge is 0.246 e. The number of halogens is 1. The van der Waals surface area contributed by atoms with E-state index in [1.165, 1.54) is 0 Å². The lowest BCUT2D eigenvalue weighted by Gasteiger charge is -2.10. The molecule has 3 rings (SSSR count). The molecule has 0 aliphatic carbocycles. The minimum absolute atomic E-state index is 0.361. The summed E-state index contributed by atoms with van der Waals surface area (Å²) in [5.41, 5.74) is 4.12. The van der Waals surface area contributed by atoms with Gasteiger partial charge < -0.3 is 15.2 Å². The summed E-state index contributed by atoms with van der Waals surface area (Å²) >= 11 is 8.79. The van der Waals surface area contributed by atoms with Crippen molar-refractivity contribution in [3.8, 4) is 11.4 Å². The highest BCUT2D eigenvalue weighted by Gasteiger charge is 2.10. The van der Waals surface area contributed by atoms with E-state index in [4.69, 9.17) is 16.7 Å². The van der Waals surface area contributed by atoms with E-state index in [1.54, 1.807) is 0 Å². The van der Waals surface area contributed by atoms with Crippen LogP contribution in [-0.2, 0) is 6.54 Å². The van der Waals surface area contributed by atoms with Gasteiger partial charge in [-0.1, -0.05) is 45.4 Å². The summed E-state index contributed by atoms with van der Waals surface area (Å²) in [6.07, 6.45) is 0. The van der Waals surface area contributed by atoms with Crippen LogP contribution in [0.2, 0.25) is 0 Å². The van der Waals surface area contributed by atoms with Crippen LogP contribution < -0.4 is 10.6 Å². The van der Waals surface area contributed by atoms with Crippen LogP contribution in [0, 0.1) is 13.8 Å². The van der Waals surface area contributed by atoms with E-state index in [9.17, 15) is 0 Å². The van der Waals surface area contributed by atoms with Crippen LogP contribution in [0.25, 0.3) is 11.4 Å². The number of nitrogens with zero attached hydrogens (tertiary/aromatic N) is 2. The fraction of sp³-hybridized carbons (Fsp3) is 0.167. The van der Waals surface area contributed by atoms with Crippen LogP contribution in [0.4, 0.5) is 5.69 Å². The Morgan fingerprint density at radius 1 is 1.16 bits per heavy atom. The first-order valence-corrected chi connectivity index (χ1v) is 8.92. The monoisotopic (exact) mass is 416 g/mol. The van der Waals surface area contributed by atoms with Gasteiger partial charge in [0.1, 0.15) is 0 Å². The minimum Gasteiger partial charge on any atom is -0.353 e. The Balaban J connectivity index is 1.59. The maximum atomic E-state index is 5.31. The SMILES string of the molecule is Cc1cc(NC(=S)NCc2nc(-c3ccccc3C)no2)ccc1Br. The van der Waals surface area contributed by atoms with Crippen LogP contribution in [-0.4, -0.2) is 15.3 Å². The average molecular weight is 417 g/mol. The molecule has 0 radical (unpaired) electrons. The van der Waals surface area contributed by atoms with Gasteiger partial charge in [-0.15, -0.1) is 0 Å². The van der Waals surface area contributed by atoms with Crippen molar-refractivity contribution in [2.45, 2.75) is 20.4 Å². The highest BCUT2D eigenvalue weighted by atomic mass is 79.9. The fourth-order valence-corrected chi connectivity index (χ4v) is 2.75. The van der Waals surface area contributed by atoms with Crippen molar-refractivity contribution in [1.82, 2.24) is 15.5 Å². The van der Waals surface area contributed by atoms with Crippen LogP contribution in [0.1, 0.15) is 17.0 Å². The van der Waals surface area contributed by atoms with Crippen molar-refractivity contribution >= 4 is 38.9 Å². The molecule has 7 heteroatoms. The van der Waals surface area contributed by atoms with Crippen molar-refractivity contribution in [2.24, 2.45) is 0 Å². The quantitative estimate of drug-likeness (QED) is 0.605. The second kappa shape index (κ2) is 7.76. The first-order valence-electron chi connectivity index (χ1n) is 7.72. The number of benzene rings is 2. The van der Waals surface area contributed by atoms with Gasteiger partial charge in [0.15, 0.2) is 5.11 Å². The van der Waals surface area contributed by atoms with Crippen LogP contribution in [0.15, 0.2) is 51.5 Å². The van der Waals surface area contributed by atoms with Gasteiger partial charge in [-0.05, 0) is 55.4 Å².